The van der Waals surface area contributed by atoms with Crippen molar-refractivity contribution in [1.29, 1.82) is 0 Å². The molecular formula is C32H28N2O4. The van der Waals surface area contributed by atoms with Gasteiger partial charge in [-0.25, -0.2) is 0 Å². The van der Waals surface area contributed by atoms with Crippen molar-refractivity contribution in [2.24, 2.45) is 11.8 Å². The molecule has 2 atom stereocenters. The fraction of sp³-hybridized carbons (Fsp3) is 0.125. The molecule has 0 aliphatic heterocycles. The summed E-state index contributed by atoms with van der Waals surface area (Å²) in [6, 6.07) is 30.6. The molecule has 0 aliphatic carbocycles. The Morgan fingerprint density at radius 3 is 1.11 bits per heavy atom. The number of benzene rings is 4. The van der Waals surface area contributed by atoms with E-state index in [4.69, 9.17) is 0 Å². The minimum Gasteiger partial charge on any atom is -0.325 e. The first-order valence-corrected chi connectivity index (χ1v) is 12.3. The molecule has 0 bridgehead atoms. The van der Waals surface area contributed by atoms with Gasteiger partial charge in [0.15, 0.2) is 11.6 Å². The molecule has 190 valence electrons. The van der Waals surface area contributed by atoms with E-state index in [1.807, 2.05) is 13.8 Å². The molecule has 6 nitrogen and oxygen atoms in total. The quantitative estimate of drug-likeness (QED) is 0.220. The van der Waals surface area contributed by atoms with Gasteiger partial charge in [0.1, 0.15) is 11.8 Å². The third-order valence-electron chi connectivity index (χ3n) is 6.22. The van der Waals surface area contributed by atoms with Gasteiger partial charge in [0.05, 0.1) is 0 Å². The summed E-state index contributed by atoms with van der Waals surface area (Å²) in [4.78, 5) is 55.2. The Balaban J connectivity index is 1.80. The summed E-state index contributed by atoms with van der Waals surface area (Å²) in [6.07, 6.45) is 0. The molecule has 0 saturated heterocycles. The summed E-state index contributed by atoms with van der Waals surface area (Å²) >= 11 is 0. The van der Waals surface area contributed by atoms with Gasteiger partial charge >= 0.3 is 0 Å². The molecule has 4 aromatic rings. The van der Waals surface area contributed by atoms with E-state index >= 15 is 0 Å². The maximum atomic E-state index is 13.9. The predicted octanol–water partition coefficient (Wildman–Crippen LogP) is 5.88. The molecule has 0 aromatic heterocycles. The number of aryl methyl sites for hydroxylation is 2. The Morgan fingerprint density at radius 2 is 0.789 bits per heavy atom. The molecule has 0 fully saturated rings. The highest BCUT2D eigenvalue weighted by molar-refractivity contribution is 6.24. The smallest absolute Gasteiger partial charge is 0.236 e. The van der Waals surface area contributed by atoms with Crippen LogP contribution >= 0.6 is 0 Å². The molecule has 2 unspecified atom stereocenters. The highest BCUT2D eigenvalue weighted by atomic mass is 16.2. The lowest BCUT2D eigenvalue weighted by molar-refractivity contribution is -0.126. The van der Waals surface area contributed by atoms with Crippen molar-refractivity contribution >= 4 is 34.8 Å². The van der Waals surface area contributed by atoms with Crippen LogP contribution in [0.2, 0.25) is 0 Å². The van der Waals surface area contributed by atoms with Gasteiger partial charge in [0.25, 0.3) is 0 Å². The van der Waals surface area contributed by atoms with Gasteiger partial charge in [-0.05, 0) is 38.1 Å². The average molecular weight is 505 g/mol. The minimum absolute atomic E-state index is 0.234. The van der Waals surface area contributed by atoms with E-state index in [2.05, 4.69) is 10.6 Å². The van der Waals surface area contributed by atoms with Crippen LogP contribution < -0.4 is 10.6 Å². The maximum Gasteiger partial charge on any atom is 0.236 e. The molecule has 0 heterocycles. The number of amides is 2. The Labute approximate surface area is 221 Å². The molecule has 4 aromatic carbocycles. The third-order valence-corrected chi connectivity index (χ3v) is 6.22. The molecule has 0 spiro atoms. The van der Waals surface area contributed by atoms with Gasteiger partial charge in [0.2, 0.25) is 11.8 Å². The Hall–Kier alpha value is -4.84. The van der Waals surface area contributed by atoms with Crippen LogP contribution in [0.1, 0.15) is 31.8 Å². The van der Waals surface area contributed by atoms with Gasteiger partial charge < -0.3 is 10.6 Å². The van der Waals surface area contributed by atoms with E-state index in [-0.39, 0.29) is 11.1 Å². The molecule has 38 heavy (non-hydrogen) atoms. The minimum atomic E-state index is -1.62. The van der Waals surface area contributed by atoms with Gasteiger partial charge in [-0.3, -0.25) is 19.2 Å². The van der Waals surface area contributed by atoms with E-state index in [0.29, 0.717) is 11.4 Å². The number of hydrogen-bond donors (Lipinski definition) is 2. The standard InChI is InChI=1S/C32H28N2O4/c1-21-13-17-23(18-14-21)29(35)27(31(37)33-25-9-5-3-6-10-25)28(30(36)24-19-15-22(2)16-20-24)32(38)34-26-11-7-4-8-12-26/h3-20,27-28H,1-2H3,(H,33,37)(H,34,38). The van der Waals surface area contributed by atoms with Crippen molar-refractivity contribution in [3.8, 4) is 0 Å². The van der Waals surface area contributed by atoms with E-state index in [1.54, 1.807) is 109 Å². The number of para-hydroxylation sites is 2. The lowest BCUT2D eigenvalue weighted by atomic mass is 9.79. The molecule has 0 aliphatic rings. The molecule has 2 N–H and O–H groups in total. The zero-order valence-corrected chi connectivity index (χ0v) is 21.2. The number of nitrogens with one attached hydrogen (secondary N) is 2. The normalized spacial score (nSPS) is 12.2. The summed E-state index contributed by atoms with van der Waals surface area (Å²) in [7, 11) is 0. The second kappa shape index (κ2) is 11.9. The van der Waals surface area contributed by atoms with Gasteiger partial charge in [-0.1, -0.05) is 96.1 Å². The molecule has 2 amide bonds. The van der Waals surface area contributed by atoms with E-state index in [9.17, 15) is 19.2 Å². The summed E-state index contributed by atoms with van der Waals surface area (Å²) in [5.41, 5.74) is 3.23. The van der Waals surface area contributed by atoms with E-state index < -0.39 is 35.2 Å². The summed E-state index contributed by atoms with van der Waals surface area (Å²) in [5.74, 6) is -5.95. The van der Waals surface area contributed by atoms with Crippen molar-refractivity contribution in [1.82, 2.24) is 0 Å². The Kier molecular flexibility index (Phi) is 8.23. The number of rotatable bonds is 9. The Morgan fingerprint density at radius 1 is 0.474 bits per heavy atom. The van der Waals surface area contributed by atoms with Crippen molar-refractivity contribution in [3.63, 3.8) is 0 Å². The summed E-state index contributed by atoms with van der Waals surface area (Å²) in [5, 5.41) is 5.45. The number of hydrogen-bond acceptors (Lipinski definition) is 4. The van der Waals surface area contributed by atoms with Crippen LogP contribution in [-0.4, -0.2) is 23.4 Å². The molecule has 0 radical (unpaired) electrons. The zero-order chi connectivity index (χ0) is 27.1. The van der Waals surface area contributed by atoms with Crippen molar-refractivity contribution in [2.75, 3.05) is 10.6 Å². The largest absolute Gasteiger partial charge is 0.325 e. The van der Waals surface area contributed by atoms with E-state index in [1.165, 1.54) is 0 Å². The average Bonchev–Trinajstić information content (AvgIpc) is 2.92. The number of Topliss-reactive ketones (excluding diaryl/α,β-unsaturated/α-hetero) is 2. The summed E-state index contributed by atoms with van der Waals surface area (Å²) < 4.78 is 0. The topological polar surface area (TPSA) is 92.3 Å². The highest BCUT2D eigenvalue weighted by Crippen LogP contribution is 2.27. The molecule has 4 rings (SSSR count). The third kappa shape index (κ3) is 6.28. The number of ketones is 2. The van der Waals surface area contributed by atoms with Crippen molar-refractivity contribution in [3.05, 3.63) is 131 Å². The van der Waals surface area contributed by atoms with Gasteiger partial charge in [-0.2, -0.15) is 0 Å². The van der Waals surface area contributed by atoms with E-state index in [0.717, 1.165) is 11.1 Å². The first kappa shape index (κ1) is 26.2. The Bertz CT molecular complexity index is 1320. The molecule has 6 heteroatoms. The SMILES string of the molecule is Cc1ccc(C(=O)C(C(=O)Nc2ccccc2)C(C(=O)Nc2ccccc2)C(=O)c2ccc(C)cc2)cc1. The van der Waals surface area contributed by atoms with Crippen molar-refractivity contribution < 1.29 is 19.2 Å². The second-order valence-corrected chi connectivity index (χ2v) is 9.13. The van der Waals surface area contributed by atoms with Crippen LogP contribution in [0.5, 0.6) is 0 Å². The van der Waals surface area contributed by atoms with Crippen LogP contribution in [-0.2, 0) is 9.59 Å². The van der Waals surface area contributed by atoms with Crippen molar-refractivity contribution in [2.45, 2.75) is 13.8 Å². The highest BCUT2D eigenvalue weighted by Gasteiger charge is 2.44. The van der Waals surface area contributed by atoms with Crippen LogP contribution in [0.15, 0.2) is 109 Å². The second-order valence-electron chi connectivity index (χ2n) is 9.13. The fourth-order valence-electron chi connectivity index (χ4n) is 4.12. The summed E-state index contributed by atoms with van der Waals surface area (Å²) in [6.45, 7) is 3.76. The maximum absolute atomic E-state index is 13.9. The van der Waals surface area contributed by atoms with Crippen LogP contribution in [0, 0.1) is 25.7 Å². The lowest BCUT2D eigenvalue weighted by Gasteiger charge is -2.24. The number of carbonyl (C=O) groups excluding carboxylic acids is 4. The lowest BCUT2D eigenvalue weighted by Crippen LogP contribution is -2.45. The zero-order valence-electron chi connectivity index (χ0n) is 21.2. The first-order valence-electron chi connectivity index (χ1n) is 12.3. The number of anilines is 2. The van der Waals surface area contributed by atoms with Crippen LogP contribution in [0.4, 0.5) is 11.4 Å². The van der Waals surface area contributed by atoms with Gasteiger partial charge in [-0.15, -0.1) is 0 Å². The number of carbonyl (C=O) groups is 4. The van der Waals surface area contributed by atoms with Gasteiger partial charge in [0, 0.05) is 22.5 Å². The predicted molar refractivity (Wildman–Crippen MR) is 148 cm³/mol. The molecule has 0 saturated carbocycles. The first-order chi connectivity index (χ1) is 18.3. The monoisotopic (exact) mass is 504 g/mol. The van der Waals surface area contributed by atoms with Crippen LogP contribution in [0.25, 0.3) is 0 Å². The fourth-order valence-corrected chi connectivity index (χ4v) is 4.12. The molecular weight excluding hydrogens is 476 g/mol. The van der Waals surface area contributed by atoms with Crippen LogP contribution in [0.3, 0.4) is 0 Å².